The van der Waals surface area contributed by atoms with E-state index in [1.165, 1.54) is 6.42 Å². The molecule has 3 unspecified atom stereocenters. The van der Waals surface area contributed by atoms with Gasteiger partial charge in [-0.2, -0.15) is 0 Å². The molecule has 2 aliphatic rings. The first kappa shape index (κ1) is 11.0. The largest absolute Gasteiger partial charge is 0.495 e. The molecule has 1 N–H and O–H groups in total. The van der Waals surface area contributed by atoms with E-state index in [-0.39, 0.29) is 0 Å². The van der Waals surface area contributed by atoms with Crippen molar-refractivity contribution >= 4 is 0 Å². The minimum absolute atomic E-state index is 0.332. The fourth-order valence-corrected chi connectivity index (χ4v) is 2.81. The van der Waals surface area contributed by atoms with Crippen molar-refractivity contribution in [3.63, 3.8) is 0 Å². The van der Waals surface area contributed by atoms with Crippen LogP contribution in [0.3, 0.4) is 0 Å². The SMILES string of the molecule is CC1CCC(C)C(O)(C2=CCCCO2)C1. The van der Waals surface area contributed by atoms with E-state index in [0.29, 0.717) is 11.8 Å². The van der Waals surface area contributed by atoms with E-state index >= 15 is 0 Å². The van der Waals surface area contributed by atoms with Crippen molar-refractivity contribution in [3.05, 3.63) is 11.8 Å². The molecule has 1 saturated carbocycles. The molecule has 0 amide bonds. The van der Waals surface area contributed by atoms with E-state index < -0.39 is 5.60 Å². The number of rotatable bonds is 1. The molecule has 2 heteroatoms. The Hall–Kier alpha value is -0.500. The minimum atomic E-state index is -0.682. The lowest BCUT2D eigenvalue weighted by Gasteiger charge is -2.42. The molecular formula is C13H22O2. The fraction of sp³-hybridized carbons (Fsp3) is 0.846. The van der Waals surface area contributed by atoms with Gasteiger partial charge in [0.15, 0.2) is 0 Å². The molecular weight excluding hydrogens is 188 g/mol. The highest BCUT2D eigenvalue weighted by molar-refractivity contribution is 5.15. The Balaban J connectivity index is 2.18. The Morgan fingerprint density at radius 1 is 1.40 bits per heavy atom. The molecule has 15 heavy (non-hydrogen) atoms. The van der Waals surface area contributed by atoms with E-state index in [2.05, 4.69) is 19.9 Å². The maximum Gasteiger partial charge on any atom is 0.124 e. The van der Waals surface area contributed by atoms with Gasteiger partial charge in [-0.15, -0.1) is 0 Å². The quantitative estimate of drug-likeness (QED) is 0.721. The van der Waals surface area contributed by atoms with Crippen molar-refractivity contribution in [2.24, 2.45) is 11.8 Å². The molecule has 1 fully saturated rings. The lowest BCUT2D eigenvalue weighted by atomic mass is 9.70. The summed E-state index contributed by atoms with van der Waals surface area (Å²) in [7, 11) is 0. The smallest absolute Gasteiger partial charge is 0.124 e. The number of hydrogen-bond donors (Lipinski definition) is 1. The third-order valence-corrected chi connectivity index (χ3v) is 3.93. The van der Waals surface area contributed by atoms with Crippen molar-refractivity contribution in [1.29, 1.82) is 0 Å². The van der Waals surface area contributed by atoms with Gasteiger partial charge in [0.1, 0.15) is 11.4 Å². The fourth-order valence-electron chi connectivity index (χ4n) is 2.81. The summed E-state index contributed by atoms with van der Waals surface area (Å²) < 4.78 is 5.65. The van der Waals surface area contributed by atoms with Crippen molar-refractivity contribution in [1.82, 2.24) is 0 Å². The second kappa shape index (κ2) is 4.17. The average Bonchev–Trinajstić information content (AvgIpc) is 2.25. The lowest BCUT2D eigenvalue weighted by molar-refractivity contribution is -0.0702. The monoisotopic (exact) mass is 210 g/mol. The lowest BCUT2D eigenvalue weighted by Crippen LogP contribution is -2.44. The summed E-state index contributed by atoms with van der Waals surface area (Å²) in [6.45, 7) is 5.14. The van der Waals surface area contributed by atoms with Gasteiger partial charge in [0.2, 0.25) is 0 Å². The first-order valence-corrected chi connectivity index (χ1v) is 6.19. The highest BCUT2D eigenvalue weighted by Crippen LogP contribution is 2.42. The van der Waals surface area contributed by atoms with Gasteiger partial charge in [0, 0.05) is 0 Å². The van der Waals surface area contributed by atoms with E-state index in [1.54, 1.807) is 0 Å². The van der Waals surface area contributed by atoms with Gasteiger partial charge in [-0.25, -0.2) is 0 Å². The van der Waals surface area contributed by atoms with Crippen molar-refractivity contribution in [3.8, 4) is 0 Å². The summed E-state index contributed by atoms with van der Waals surface area (Å²) in [4.78, 5) is 0. The maximum atomic E-state index is 10.7. The molecule has 86 valence electrons. The third kappa shape index (κ3) is 2.05. The molecule has 2 rings (SSSR count). The van der Waals surface area contributed by atoms with Gasteiger partial charge in [0.05, 0.1) is 6.61 Å². The molecule has 1 heterocycles. The van der Waals surface area contributed by atoms with Crippen molar-refractivity contribution < 1.29 is 9.84 Å². The molecule has 0 bridgehead atoms. The molecule has 0 saturated heterocycles. The summed E-state index contributed by atoms with van der Waals surface area (Å²) in [5, 5.41) is 10.7. The van der Waals surface area contributed by atoms with E-state index in [1.807, 2.05) is 0 Å². The molecule has 1 aliphatic carbocycles. The van der Waals surface area contributed by atoms with Crippen LogP contribution in [0.2, 0.25) is 0 Å². The standard InChI is InChI=1S/C13H22O2/c1-10-6-7-11(2)13(14,9-10)12-5-3-4-8-15-12/h5,10-11,14H,3-4,6-9H2,1-2H3. The molecule has 0 aromatic heterocycles. The number of ether oxygens (including phenoxy) is 1. The molecule has 0 aromatic carbocycles. The van der Waals surface area contributed by atoms with E-state index in [9.17, 15) is 5.11 Å². The van der Waals surface area contributed by atoms with Crippen LogP contribution >= 0.6 is 0 Å². The highest BCUT2D eigenvalue weighted by atomic mass is 16.5. The second-order valence-corrected chi connectivity index (χ2v) is 5.27. The Bertz CT molecular complexity index is 259. The number of hydrogen-bond acceptors (Lipinski definition) is 2. The summed E-state index contributed by atoms with van der Waals surface area (Å²) >= 11 is 0. The Labute approximate surface area is 92.3 Å². The molecule has 3 atom stereocenters. The Morgan fingerprint density at radius 3 is 2.87 bits per heavy atom. The molecule has 0 spiro atoms. The van der Waals surface area contributed by atoms with Crippen LogP contribution < -0.4 is 0 Å². The van der Waals surface area contributed by atoms with Gasteiger partial charge >= 0.3 is 0 Å². The van der Waals surface area contributed by atoms with E-state index in [0.717, 1.165) is 38.0 Å². The summed E-state index contributed by atoms with van der Waals surface area (Å²) in [5.74, 6) is 1.79. The summed E-state index contributed by atoms with van der Waals surface area (Å²) in [6, 6.07) is 0. The van der Waals surface area contributed by atoms with Gasteiger partial charge in [-0.05, 0) is 43.6 Å². The second-order valence-electron chi connectivity index (χ2n) is 5.27. The normalized spacial score (nSPS) is 41.9. The highest BCUT2D eigenvalue weighted by Gasteiger charge is 2.43. The predicted octanol–water partition coefficient (Wildman–Crippen LogP) is 2.87. The first-order chi connectivity index (χ1) is 7.13. The molecule has 0 aromatic rings. The zero-order chi connectivity index (χ0) is 10.9. The van der Waals surface area contributed by atoms with Gasteiger partial charge in [-0.1, -0.05) is 20.3 Å². The van der Waals surface area contributed by atoms with Crippen molar-refractivity contribution in [2.75, 3.05) is 6.61 Å². The van der Waals surface area contributed by atoms with E-state index in [4.69, 9.17) is 4.74 Å². The molecule has 1 aliphatic heterocycles. The Kier molecular flexibility index (Phi) is 3.06. The maximum absolute atomic E-state index is 10.7. The van der Waals surface area contributed by atoms with Crippen LogP contribution in [-0.4, -0.2) is 17.3 Å². The first-order valence-electron chi connectivity index (χ1n) is 6.19. The van der Waals surface area contributed by atoms with Crippen LogP contribution in [0, 0.1) is 11.8 Å². The van der Waals surface area contributed by atoms with Gasteiger partial charge in [-0.3, -0.25) is 0 Å². The summed E-state index contributed by atoms with van der Waals surface area (Å²) in [6.07, 6.45) is 7.44. The number of aliphatic hydroxyl groups is 1. The predicted molar refractivity (Wildman–Crippen MR) is 60.4 cm³/mol. The Morgan fingerprint density at radius 2 is 2.20 bits per heavy atom. The van der Waals surface area contributed by atoms with Crippen LogP contribution in [-0.2, 0) is 4.74 Å². The molecule has 2 nitrogen and oxygen atoms in total. The molecule has 0 radical (unpaired) electrons. The van der Waals surface area contributed by atoms with Crippen LogP contribution in [0.4, 0.5) is 0 Å². The summed E-state index contributed by atoms with van der Waals surface area (Å²) in [5.41, 5.74) is -0.682. The third-order valence-electron chi connectivity index (χ3n) is 3.93. The van der Waals surface area contributed by atoms with Crippen LogP contribution in [0.1, 0.15) is 46.0 Å². The van der Waals surface area contributed by atoms with Gasteiger partial charge in [0.25, 0.3) is 0 Å². The minimum Gasteiger partial charge on any atom is -0.495 e. The van der Waals surface area contributed by atoms with Crippen molar-refractivity contribution in [2.45, 2.75) is 51.6 Å². The topological polar surface area (TPSA) is 29.5 Å². The van der Waals surface area contributed by atoms with Crippen LogP contribution in [0.25, 0.3) is 0 Å². The zero-order valence-electron chi connectivity index (χ0n) is 9.83. The average molecular weight is 210 g/mol. The van der Waals surface area contributed by atoms with Crippen LogP contribution in [0.5, 0.6) is 0 Å². The van der Waals surface area contributed by atoms with Gasteiger partial charge < -0.3 is 9.84 Å². The van der Waals surface area contributed by atoms with Crippen LogP contribution in [0.15, 0.2) is 11.8 Å². The zero-order valence-corrected chi connectivity index (χ0v) is 9.83. The number of allylic oxidation sites excluding steroid dienone is 1.